The van der Waals surface area contributed by atoms with E-state index in [1.807, 2.05) is 30.5 Å². The standard InChI is InChI=1S/C13H22N2O3/c1-10-8-12(16)13(17)11(9-14(2)3)15(10)6-5-7-18-4/h8,17H,5-7,9H2,1-4H3. The van der Waals surface area contributed by atoms with E-state index in [9.17, 15) is 9.90 Å². The number of pyridine rings is 1. The van der Waals surface area contributed by atoms with Crippen LogP contribution in [0.25, 0.3) is 0 Å². The van der Waals surface area contributed by atoms with Crippen molar-refractivity contribution in [1.29, 1.82) is 0 Å². The van der Waals surface area contributed by atoms with E-state index in [0.717, 1.165) is 18.7 Å². The summed E-state index contributed by atoms with van der Waals surface area (Å²) in [5, 5.41) is 9.92. The molecule has 1 aromatic heterocycles. The van der Waals surface area contributed by atoms with Gasteiger partial charge < -0.3 is 19.3 Å². The molecule has 1 heterocycles. The quantitative estimate of drug-likeness (QED) is 0.768. The fourth-order valence-corrected chi connectivity index (χ4v) is 1.96. The lowest BCUT2D eigenvalue weighted by atomic mass is 10.2. The molecule has 0 aliphatic heterocycles. The lowest BCUT2D eigenvalue weighted by Gasteiger charge is -2.20. The van der Waals surface area contributed by atoms with Crippen LogP contribution in [0.1, 0.15) is 17.8 Å². The molecule has 0 amide bonds. The van der Waals surface area contributed by atoms with Crippen molar-refractivity contribution in [2.24, 2.45) is 0 Å². The van der Waals surface area contributed by atoms with Crippen molar-refractivity contribution < 1.29 is 9.84 Å². The zero-order valence-electron chi connectivity index (χ0n) is 11.6. The largest absolute Gasteiger partial charge is 0.503 e. The van der Waals surface area contributed by atoms with Crippen LogP contribution in [0.4, 0.5) is 0 Å². The number of methoxy groups -OCH3 is 1. The average molecular weight is 254 g/mol. The van der Waals surface area contributed by atoms with E-state index in [-0.39, 0.29) is 11.2 Å². The first-order valence-corrected chi connectivity index (χ1v) is 6.03. The molecule has 0 atom stereocenters. The number of ether oxygens (including phenoxy) is 1. The van der Waals surface area contributed by atoms with E-state index in [1.165, 1.54) is 6.07 Å². The highest BCUT2D eigenvalue weighted by Crippen LogP contribution is 2.16. The van der Waals surface area contributed by atoms with Gasteiger partial charge in [-0.1, -0.05) is 0 Å². The van der Waals surface area contributed by atoms with Gasteiger partial charge in [0.25, 0.3) is 0 Å². The summed E-state index contributed by atoms with van der Waals surface area (Å²) in [5.41, 5.74) is 1.22. The average Bonchev–Trinajstić information content (AvgIpc) is 2.29. The Bertz CT molecular complexity index is 452. The van der Waals surface area contributed by atoms with E-state index >= 15 is 0 Å². The summed E-state index contributed by atoms with van der Waals surface area (Å²) in [6, 6.07) is 1.47. The summed E-state index contributed by atoms with van der Waals surface area (Å²) in [6.45, 7) is 3.81. The zero-order valence-corrected chi connectivity index (χ0v) is 11.6. The maximum Gasteiger partial charge on any atom is 0.223 e. The fourth-order valence-electron chi connectivity index (χ4n) is 1.96. The third-order valence-electron chi connectivity index (χ3n) is 2.79. The molecule has 0 unspecified atom stereocenters. The number of hydrogen-bond donors (Lipinski definition) is 1. The van der Waals surface area contributed by atoms with Crippen molar-refractivity contribution in [3.05, 3.63) is 27.7 Å². The summed E-state index contributed by atoms with van der Waals surface area (Å²) in [4.78, 5) is 13.5. The van der Waals surface area contributed by atoms with Crippen LogP contribution in [0.15, 0.2) is 10.9 Å². The molecule has 102 valence electrons. The summed E-state index contributed by atoms with van der Waals surface area (Å²) >= 11 is 0. The molecule has 1 rings (SSSR count). The minimum absolute atomic E-state index is 0.147. The van der Waals surface area contributed by atoms with Crippen molar-refractivity contribution in [2.45, 2.75) is 26.4 Å². The van der Waals surface area contributed by atoms with Crippen molar-refractivity contribution >= 4 is 0 Å². The molecule has 0 aromatic carbocycles. The highest BCUT2D eigenvalue weighted by molar-refractivity contribution is 5.29. The molecular weight excluding hydrogens is 232 g/mol. The van der Waals surface area contributed by atoms with Crippen LogP contribution in [0.2, 0.25) is 0 Å². The van der Waals surface area contributed by atoms with Crippen LogP contribution in [-0.4, -0.2) is 42.4 Å². The lowest BCUT2D eigenvalue weighted by Crippen LogP contribution is -2.22. The molecule has 5 nitrogen and oxygen atoms in total. The van der Waals surface area contributed by atoms with Gasteiger partial charge in [-0.2, -0.15) is 0 Å². The van der Waals surface area contributed by atoms with Gasteiger partial charge in [-0.3, -0.25) is 4.79 Å². The summed E-state index contributed by atoms with van der Waals surface area (Å²) < 4.78 is 7.01. The van der Waals surface area contributed by atoms with Crippen LogP contribution in [0.3, 0.4) is 0 Å². The molecular formula is C13H22N2O3. The molecule has 0 aliphatic carbocycles. The van der Waals surface area contributed by atoms with E-state index in [0.29, 0.717) is 18.8 Å². The Morgan fingerprint density at radius 2 is 2.11 bits per heavy atom. The Labute approximate surface area is 108 Å². The zero-order chi connectivity index (χ0) is 13.7. The summed E-state index contributed by atoms with van der Waals surface area (Å²) in [7, 11) is 5.48. The summed E-state index contributed by atoms with van der Waals surface area (Å²) in [5.74, 6) is -0.147. The fraction of sp³-hybridized carbons (Fsp3) is 0.615. The van der Waals surface area contributed by atoms with Gasteiger partial charge in [0, 0.05) is 38.6 Å². The molecule has 0 aliphatic rings. The molecule has 18 heavy (non-hydrogen) atoms. The molecule has 0 saturated carbocycles. The maximum atomic E-state index is 11.6. The second-order valence-electron chi connectivity index (χ2n) is 4.68. The topological polar surface area (TPSA) is 54.7 Å². The minimum Gasteiger partial charge on any atom is -0.503 e. The number of aromatic nitrogens is 1. The molecule has 0 spiro atoms. The monoisotopic (exact) mass is 254 g/mol. The van der Waals surface area contributed by atoms with Gasteiger partial charge in [0.1, 0.15) is 0 Å². The Kier molecular flexibility index (Phi) is 5.37. The van der Waals surface area contributed by atoms with E-state index in [2.05, 4.69) is 0 Å². The van der Waals surface area contributed by atoms with Gasteiger partial charge in [-0.05, 0) is 27.4 Å². The van der Waals surface area contributed by atoms with Crippen LogP contribution in [-0.2, 0) is 17.8 Å². The Morgan fingerprint density at radius 3 is 2.67 bits per heavy atom. The summed E-state index contributed by atoms with van der Waals surface area (Å²) in [6.07, 6.45) is 0.847. The first kappa shape index (κ1) is 14.7. The van der Waals surface area contributed by atoms with Crippen LogP contribution < -0.4 is 5.43 Å². The van der Waals surface area contributed by atoms with Gasteiger partial charge >= 0.3 is 0 Å². The molecule has 0 bridgehead atoms. The van der Waals surface area contributed by atoms with Crippen LogP contribution in [0.5, 0.6) is 5.75 Å². The number of hydrogen-bond acceptors (Lipinski definition) is 4. The van der Waals surface area contributed by atoms with E-state index in [1.54, 1.807) is 7.11 Å². The predicted molar refractivity (Wildman–Crippen MR) is 71.0 cm³/mol. The normalized spacial score (nSPS) is 11.2. The molecule has 1 aromatic rings. The number of nitrogens with zero attached hydrogens (tertiary/aromatic N) is 2. The lowest BCUT2D eigenvalue weighted by molar-refractivity contribution is 0.189. The first-order chi connectivity index (χ1) is 8.47. The van der Waals surface area contributed by atoms with Gasteiger partial charge in [0.2, 0.25) is 5.43 Å². The number of rotatable bonds is 6. The predicted octanol–water partition coefficient (Wildman–Crippen LogP) is 0.960. The van der Waals surface area contributed by atoms with Crippen molar-refractivity contribution in [3.63, 3.8) is 0 Å². The van der Waals surface area contributed by atoms with Gasteiger partial charge in [-0.25, -0.2) is 0 Å². The van der Waals surface area contributed by atoms with Crippen molar-refractivity contribution in [2.75, 3.05) is 27.8 Å². The van der Waals surface area contributed by atoms with E-state index in [4.69, 9.17) is 4.74 Å². The second-order valence-corrected chi connectivity index (χ2v) is 4.68. The third kappa shape index (κ3) is 3.58. The Hall–Kier alpha value is -1.33. The maximum absolute atomic E-state index is 11.6. The first-order valence-electron chi connectivity index (χ1n) is 6.03. The van der Waals surface area contributed by atoms with Gasteiger partial charge in [0.05, 0.1) is 5.69 Å². The smallest absolute Gasteiger partial charge is 0.223 e. The molecule has 0 saturated heterocycles. The van der Waals surface area contributed by atoms with Crippen LogP contribution in [0, 0.1) is 6.92 Å². The van der Waals surface area contributed by atoms with Gasteiger partial charge in [-0.15, -0.1) is 0 Å². The highest BCUT2D eigenvalue weighted by atomic mass is 16.5. The number of aromatic hydroxyl groups is 1. The molecule has 5 heteroatoms. The highest BCUT2D eigenvalue weighted by Gasteiger charge is 2.13. The van der Waals surface area contributed by atoms with E-state index < -0.39 is 0 Å². The minimum atomic E-state index is -0.313. The number of aryl methyl sites for hydroxylation is 1. The molecule has 0 radical (unpaired) electrons. The Balaban J connectivity index is 3.11. The Morgan fingerprint density at radius 1 is 1.44 bits per heavy atom. The molecule has 0 fully saturated rings. The van der Waals surface area contributed by atoms with Crippen molar-refractivity contribution in [3.8, 4) is 5.75 Å². The third-order valence-corrected chi connectivity index (χ3v) is 2.79. The second kappa shape index (κ2) is 6.56. The van der Waals surface area contributed by atoms with Crippen LogP contribution >= 0.6 is 0 Å². The van der Waals surface area contributed by atoms with Crippen molar-refractivity contribution in [1.82, 2.24) is 9.47 Å². The molecule has 1 N–H and O–H groups in total. The SMILES string of the molecule is COCCCn1c(C)cc(=O)c(O)c1CN(C)C. The van der Waals surface area contributed by atoms with Gasteiger partial charge in [0.15, 0.2) is 5.75 Å².